The number of carbonyl (C=O) groups is 2. The van der Waals surface area contributed by atoms with Crippen molar-refractivity contribution in [2.45, 2.75) is 39.3 Å². The van der Waals surface area contributed by atoms with Crippen molar-refractivity contribution in [1.29, 1.82) is 0 Å². The number of anilines is 1. The van der Waals surface area contributed by atoms with Crippen LogP contribution in [0.5, 0.6) is 0 Å². The maximum atomic E-state index is 12.6. The maximum Gasteiger partial charge on any atom is 0.251 e. The number of fused-ring (bicyclic) bond motifs is 1. The van der Waals surface area contributed by atoms with Crippen LogP contribution in [0, 0.1) is 0 Å². The van der Waals surface area contributed by atoms with E-state index in [0.717, 1.165) is 31.7 Å². The van der Waals surface area contributed by atoms with E-state index in [9.17, 15) is 9.59 Å². The van der Waals surface area contributed by atoms with Gasteiger partial charge >= 0.3 is 0 Å². The molecule has 2 amide bonds. The van der Waals surface area contributed by atoms with Gasteiger partial charge in [0.25, 0.3) is 5.91 Å². The monoisotopic (exact) mass is 461 g/mol. The smallest absolute Gasteiger partial charge is 0.251 e. The number of thioether (sulfide) groups is 1. The Morgan fingerprint density at radius 1 is 1.23 bits per heavy atom. The lowest BCUT2D eigenvalue weighted by Crippen LogP contribution is -2.24. The summed E-state index contributed by atoms with van der Waals surface area (Å²) >= 11 is 4.22. The van der Waals surface area contributed by atoms with E-state index in [1.807, 2.05) is 50.3 Å². The zero-order valence-electron chi connectivity index (χ0n) is 17.2. The van der Waals surface area contributed by atoms with Crippen molar-refractivity contribution in [3.05, 3.63) is 32.5 Å². The minimum absolute atomic E-state index is 0.140. The first-order valence-corrected chi connectivity index (χ1v) is 12.0. The molecule has 0 aromatic carbocycles. The summed E-state index contributed by atoms with van der Waals surface area (Å²) in [4.78, 5) is 26.1. The lowest BCUT2D eigenvalue weighted by Gasteiger charge is -2.04. The van der Waals surface area contributed by atoms with Crippen LogP contribution in [0.3, 0.4) is 0 Å². The average molecular weight is 462 g/mol. The van der Waals surface area contributed by atoms with Crippen LogP contribution in [0.25, 0.3) is 22.7 Å². The summed E-state index contributed by atoms with van der Waals surface area (Å²) in [6.45, 7) is 7.94. The highest BCUT2D eigenvalue weighted by atomic mass is 32.2. The van der Waals surface area contributed by atoms with Crippen molar-refractivity contribution in [3.63, 3.8) is 0 Å². The maximum absolute atomic E-state index is 12.6. The van der Waals surface area contributed by atoms with Crippen LogP contribution in [-0.4, -0.2) is 32.2 Å². The number of aromatic nitrogens is 3. The Labute approximate surface area is 186 Å². The second kappa shape index (κ2) is 9.59. The number of carbonyl (C=O) groups excluding carboxylic acids is 2. The van der Waals surface area contributed by atoms with E-state index in [4.69, 9.17) is 5.73 Å². The molecule has 158 valence electrons. The molecule has 0 bridgehead atoms. The van der Waals surface area contributed by atoms with Gasteiger partial charge in [0.15, 0.2) is 5.16 Å². The largest absolute Gasteiger partial charge is 0.366 e. The quantitative estimate of drug-likeness (QED) is 0.527. The van der Waals surface area contributed by atoms with Gasteiger partial charge in [0.05, 0.1) is 21.2 Å². The first-order chi connectivity index (χ1) is 14.4. The fourth-order valence-electron chi connectivity index (χ4n) is 3.00. The van der Waals surface area contributed by atoms with E-state index in [1.54, 1.807) is 17.4 Å². The van der Waals surface area contributed by atoms with E-state index in [2.05, 4.69) is 15.5 Å². The van der Waals surface area contributed by atoms with Crippen molar-refractivity contribution in [2.24, 2.45) is 5.73 Å². The summed E-state index contributed by atoms with van der Waals surface area (Å²) in [7, 11) is 0. The van der Waals surface area contributed by atoms with Crippen LogP contribution in [0.2, 0.25) is 0 Å². The summed E-state index contributed by atoms with van der Waals surface area (Å²) in [6.07, 6.45) is 6.87. The van der Waals surface area contributed by atoms with Crippen LogP contribution in [0.1, 0.15) is 49.4 Å². The molecule has 3 heterocycles. The number of primary amides is 1. The van der Waals surface area contributed by atoms with Crippen LogP contribution >= 0.6 is 34.4 Å². The third-order valence-electron chi connectivity index (χ3n) is 4.46. The molecule has 0 spiro atoms. The number of amides is 2. The third-order valence-corrected chi connectivity index (χ3v) is 7.63. The summed E-state index contributed by atoms with van der Waals surface area (Å²) in [6, 6.07) is 1.74. The number of thiazole rings is 1. The molecule has 0 aliphatic heterocycles. The molecule has 0 aliphatic rings. The molecule has 7 nitrogen and oxygen atoms in total. The van der Waals surface area contributed by atoms with Gasteiger partial charge in [-0.25, -0.2) is 0 Å². The number of allylic oxidation sites excluding steroid dienone is 2. The fraction of sp³-hybridized carbons (Fsp3) is 0.300. The van der Waals surface area contributed by atoms with Gasteiger partial charge in [-0.15, -0.1) is 21.5 Å². The number of hydrogen-bond acceptors (Lipinski definition) is 7. The molecule has 3 aromatic rings. The first-order valence-electron chi connectivity index (χ1n) is 9.41. The molecule has 0 atom stereocenters. The molecule has 3 N–H and O–H groups in total. The van der Waals surface area contributed by atoms with E-state index >= 15 is 0 Å². The number of thiophene rings is 1. The van der Waals surface area contributed by atoms with Gasteiger partial charge in [-0.05, 0) is 38.8 Å². The van der Waals surface area contributed by atoms with E-state index < -0.39 is 5.91 Å². The molecule has 30 heavy (non-hydrogen) atoms. The van der Waals surface area contributed by atoms with Gasteiger partial charge in [-0.2, -0.15) is 0 Å². The van der Waals surface area contributed by atoms with Crippen molar-refractivity contribution in [1.82, 2.24) is 14.6 Å². The highest BCUT2D eigenvalue weighted by Gasteiger charge is 2.18. The van der Waals surface area contributed by atoms with Gasteiger partial charge in [-0.3, -0.25) is 14.0 Å². The molecule has 3 rings (SSSR count). The molecule has 0 fully saturated rings. The number of nitrogens with two attached hydrogens (primary N) is 1. The topological polar surface area (TPSA) is 102 Å². The molecular formula is C20H23N5O2S3. The first kappa shape index (κ1) is 22.3. The molecule has 0 saturated carbocycles. The van der Waals surface area contributed by atoms with Crippen LogP contribution < -0.4 is 20.9 Å². The van der Waals surface area contributed by atoms with Gasteiger partial charge in [0.1, 0.15) is 5.00 Å². The Hall–Kier alpha value is -2.43. The molecule has 10 heteroatoms. The average Bonchev–Trinajstić information content (AvgIpc) is 3.40. The van der Waals surface area contributed by atoms with Gasteiger partial charge in [-0.1, -0.05) is 48.3 Å². The normalized spacial score (nSPS) is 13.4. The van der Waals surface area contributed by atoms with E-state index in [-0.39, 0.29) is 11.7 Å². The van der Waals surface area contributed by atoms with Crippen molar-refractivity contribution >= 4 is 73.9 Å². The number of nitrogens with one attached hydrogen (secondary N) is 1. The predicted molar refractivity (Wildman–Crippen MR) is 127 cm³/mol. The second-order valence-corrected chi connectivity index (χ2v) is 9.26. The molecule has 3 aromatic heterocycles. The van der Waals surface area contributed by atoms with Gasteiger partial charge in [0.2, 0.25) is 10.9 Å². The Morgan fingerprint density at radius 3 is 2.60 bits per heavy atom. The van der Waals surface area contributed by atoms with Crippen LogP contribution in [0.15, 0.2) is 17.3 Å². The Morgan fingerprint density at radius 2 is 2.00 bits per heavy atom. The fourth-order valence-corrected chi connectivity index (χ4v) is 6.01. The Balaban J connectivity index is 1.80. The highest BCUT2D eigenvalue weighted by Crippen LogP contribution is 2.34. The molecule has 0 unspecified atom stereocenters. The summed E-state index contributed by atoms with van der Waals surface area (Å²) in [5, 5.41) is 13.4. The van der Waals surface area contributed by atoms with E-state index in [1.165, 1.54) is 23.1 Å². The Kier molecular flexibility index (Phi) is 7.11. The van der Waals surface area contributed by atoms with E-state index in [0.29, 0.717) is 15.7 Å². The zero-order valence-corrected chi connectivity index (χ0v) is 19.6. The second-order valence-electron chi connectivity index (χ2n) is 6.25. The molecule has 0 saturated heterocycles. The van der Waals surface area contributed by atoms with Crippen molar-refractivity contribution < 1.29 is 9.59 Å². The van der Waals surface area contributed by atoms with Gasteiger partial charge in [0, 0.05) is 4.88 Å². The summed E-state index contributed by atoms with van der Waals surface area (Å²) in [5.41, 5.74) is 6.95. The minimum Gasteiger partial charge on any atom is -0.366 e. The van der Waals surface area contributed by atoms with Crippen LogP contribution in [-0.2, 0) is 4.79 Å². The molecule has 0 aliphatic carbocycles. The Bertz CT molecular complexity index is 1250. The standard InChI is InChI=1S/C20H23N5O2S3/c1-5-11(6-2)15-9-12(17(21)27)18(29-15)22-16(26)10-28-19-23-24-20-25(19)13(7-3)14(8-4)30-20/h5,7-9H,6,10H2,1-4H3,(H2,21,27)(H,22,26)/b11-5+,13-7+,14-8+. The van der Waals surface area contributed by atoms with Crippen LogP contribution in [0.4, 0.5) is 5.00 Å². The number of hydrogen-bond donors (Lipinski definition) is 2. The SMILES string of the molecule is C/C=C(\CC)c1cc(C(N)=O)c(NC(=O)CSc2nnc3sc(=C/C)/c(=C\C)n23)s1. The zero-order chi connectivity index (χ0) is 21.8. The molecule has 0 radical (unpaired) electrons. The minimum atomic E-state index is -0.559. The van der Waals surface area contributed by atoms with Crippen molar-refractivity contribution in [3.8, 4) is 0 Å². The third kappa shape index (κ3) is 4.35. The predicted octanol–water partition coefficient (Wildman–Crippen LogP) is 3.10. The summed E-state index contributed by atoms with van der Waals surface area (Å²) in [5.74, 6) is -0.651. The summed E-state index contributed by atoms with van der Waals surface area (Å²) < 4.78 is 3.07. The van der Waals surface area contributed by atoms with Crippen molar-refractivity contribution in [2.75, 3.05) is 11.1 Å². The lowest BCUT2D eigenvalue weighted by molar-refractivity contribution is -0.113. The lowest BCUT2D eigenvalue weighted by atomic mass is 10.1. The van der Waals surface area contributed by atoms with Gasteiger partial charge < -0.3 is 11.1 Å². The number of nitrogens with zero attached hydrogens (tertiary/aromatic N) is 3. The highest BCUT2D eigenvalue weighted by molar-refractivity contribution is 7.99. The molecular weight excluding hydrogens is 438 g/mol. The number of rotatable bonds is 7.